The van der Waals surface area contributed by atoms with Gasteiger partial charge in [0.15, 0.2) is 0 Å². The Morgan fingerprint density at radius 1 is 1.64 bits per heavy atom. The second-order valence-corrected chi connectivity index (χ2v) is 2.95. The van der Waals surface area contributed by atoms with Gasteiger partial charge in [-0.2, -0.15) is 0 Å². The van der Waals surface area contributed by atoms with Gasteiger partial charge in [-0.25, -0.2) is 4.98 Å². The first-order chi connectivity index (χ1) is 5.40. The average molecular weight is 146 g/mol. The van der Waals surface area contributed by atoms with Gasteiger partial charge in [0.25, 0.3) is 0 Å². The molecule has 2 heteroatoms. The minimum absolute atomic E-state index is 0.650. The van der Waals surface area contributed by atoms with Gasteiger partial charge in [-0.1, -0.05) is 12.3 Å². The summed E-state index contributed by atoms with van der Waals surface area (Å²) in [6.07, 6.45) is 10.8. The number of hydrogen-bond donors (Lipinski definition) is 1. The summed E-state index contributed by atoms with van der Waals surface area (Å²) in [5.41, 5.74) is 0.798. The summed E-state index contributed by atoms with van der Waals surface area (Å²) >= 11 is 0. The van der Waals surface area contributed by atoms with E-state index in [1.165, 1.54) is 19.3 Å². The lowest BCUT2D eigenvalue weighted by Crippen LogP contribution is -2.10. The summed E-state index contributed by atoms with van der Waals surface area (Å²) < 4.78 is 0. The summed E-state index contributed by atoms with van der Waals surface area (Å²) in [6.45, 7) is 0. The first kappa shape index (κ1) is 6.48. The van der Waals surface area contributed by atoms with Crippen molar-refractivity contribution in [1.82, 2.24) is 9.97 Å². The monoisotopic (exact) mass is 146 g/mol. The number of terminal acetylenes is 1. The molecule has 0 atom stereocenters. The molecular formula is C9H10N2. The van der Waals surface area contributed by atoms with Gasteiger partial charge >= 0.3 is 0 Å². The molecule has 1 N–H and O–H groups in total. The molecule has 0 aliphatic heterocycles. The summed E-state index contributed by atoms with van der Waals surface area (Å²) in [6, 6.07) is 0. The summed E-state index contributed by atoms with van der Waals surface area (Å²) in [5.74, 6) is 4.26. The lowest BCUT2D eigenvalue weighted by molar-refractivity contribution is 0.404. The molecule has 0 aromatic carbocycles. The Balaban J connectivity index is 2.19. The van der Waals surface area contributed by atoms with E-state index in [0.717, 1.165) is 11.5 Å². The van der Waals surface area contributed by atoms with Crippen LogP contribution in [0.3, 0.4) is 0 Å². The van der Waals surface area contributed by atoms with Crippen molar-refractivity contribution in [1.29, 1.82) is 0 Å². The van der Waals surface area contributed by atoms with Crippen molar-refractivity contribution in [2.75, 3.05) is 0 Å². The van der Waals surface area contributed by atoms with Crippen LogP contribution in [0.2, 0.25) is 0 Å². The van der Waals surface area contributed by atoms with E-state index in [0.29, 0.717) is 5.92 Å². The van der Waals surface area contributed by atoms with Crippen LogP contribution in [-0.4, -0.2) is 9.97 Å². The van der Waals surface area contributed by atoms with E-state index in [4.69, 9.17) is 6.42 Å². The number of aromatic amines is 1. The van der Waals surface area contributed by atoms with Gasteiger partial charge in [-0.05, 0) is 12.8 Å². The maximum Gasteiger partial charge on any atom is 0.110 e. The number of rotatable bonds is 1. The number of aromatic nitrogens is 2. The van der Waals surface area contributed by atoms with Crippen molar-refractivity contribution in [2.24, 2.45) is 0 Å². The smallest absolute Gasteiger partial charge is 0.110 e. The molecule has 1 fully saturated rings. The lowest BCUT2D eigenvalue weighted by atomic mass is 9.85. The molecule has 2 rings (SSSR count). The average Bonchev–Trinajstić information content (AvgIpc) is 2.32. The highest BCUT2D eigenvalue weighted by molar-refractivity contribution is 5.23. The van der Waals surface area contributed by atoms with Gasteiger partial charge in [0, 0.05) is 5.92 Å². The first-order valence-electron chi connectivity index (χ1n) is 3.91. The number of H-pyrrole nitrogens is 1. The third-order valence-corrected chi connectivity index (χ3v) is 2.24. The van der Waals surface area contributed by atoms with E-state index >= 15 is 0 Å². The van der Waals surface area contributed by atoms with Crippen molar-refractivity contribution >= 4 is 0 Å². The Labute approximate surface area is 66.0 Å². The van der Waals surface area contributed by atoms with Crippen molar-refractivity contribution in [3.05, 3.63) is 17.7 Å². The van der Waals surface area contributed by atoms with Gasteiger partial charge in [-0.3, -0.25) is 0 Å². The van der Waals surface area contributed by atoms with Crippen molar-refractivity contribution < 1.29 is 0 Å². The van der Waals surface area contributed by atoms with Crippen LogP contribution >= 0.6 is 0 Å². The number of hydrogen-bond acceptors (Lipinski definition) is 1. The normalized spacial score (nSPS) is 17.4. The van der Waals surface area contributed by atoms with Gasteiger partial charge in [0.05, 0.1) is 6.20 Å². The van der Waals surface area contributed by atoms with Gasteiger partial charge in [0.2, 0.25) is 0 Å². The Bertz CT molecular complexity index is 289. The molecule has 11 heavy (non-hydrogen) atoms. The molecule has 0 bridgehead atoms. The highest BCUT2D eigenvalue weighted by atomic mass is 14.9. The van der Waals surface area contributed by atoms with Crippen LogP contribution in [0.1, 0.15) is 36.7 Å². The quantitative estimate of drug-likeness (QED) is 0.600. The van der Waals surface area contributed by atoms with E-state index in [2.05, 4.69) is 15.9 Å². The van der Waals surface area contributed by atoms with Crippen molar-refractivity contribution in [2.45, 2.75) is 25.2 Å². The molecule has 1 aromatic rings. The molecule has 1 aliphatic rings. The highest BCUT2D eigenvalue weighted by Gasteiger charge is 2.21. The lowest BCUT2D eigenvalue weighted by Gasteiger charge is -2.22. The fourth-order valence-electron chi connectivity index (χ4n) is 1.30. The zero-order valence-electron chi connectivity index (χ0n) is 6.30. The Morgan fingerprint density at radius 3 is 2.91 bits per heavy atom. The van der Waals surface area contributed by atoms with Crippen LogP contribution in [0.25, 0.3) is 0 Å². The van der Waals surface area contributed by atoms with E-state index in [1.54, 1.807) is 6.20 Å². The molecule has 0 radical (unpaired) electrons. The zero-order valence-corrected chi connectivity index (χ0v) is 6.30. The van der Waals surface area contributed by atoms with E-state index in [9.17, 15) is 0 Å². The fraction of sp³-hybridized carbons (Fsp3) is 0.444. The van der Waals surface area contributed by atoms with E-state index in [1.807, 2.05) is 0 Å². The van der Waals surface area contributed by atoms with Gasteiger partial charge in [0.1, 0.15) is 11.5 Å². The van der Waals surface area contributed by atoms with Crippen molar-refractivity contribution in [3.8, 4) is 12.3 Å². The molecule has 0 spiro atoms. The molecule has 0 unspecified atom stereocenters. The topological polar surface area (TPSA) is 28.7 Å². The predicted octanol–water partition coefficient (Wildman–Crippen LogP) is 1.66. The molecule has 1 aliphatic carbocycles. The number of nitrogens with zero attached hydrogens (tertiary/aromatic N) is 1. The third-order valence-electron chi connectivity index (χ3n) is 2.24. The fourth-order valence-corrected chi connectivity index (χ4v) is 1.30. The van der Waals surface area contributed by atoms with Crippen LogP contribution in [-0.2, 0) is 0 Å². The predicted molar refractivity (Wildman–Crippen MR) is 43.1 cm³/mol. The van der Waals surface area contributed by atoms with Crippen LogP contribution in [0, 0.1) is 12.3 Å². The molecule has 0 saturated heterocycles. The third kappa shape index (κ3) is 1.03. The largest absolute Gasteiger partial charge is 0.335 e. The summed E-state index contributed by atoms with van der Waals surface area (Å²) in [7, 11) is 0. The maximum absolute atomic E-state index is 5.20. The van der Waals surface area contributed by atoms with Crippen LogP contribution in [0.4, 0.5) is 0 Å². The van der Waals surface area contributed by atoms with Crippen LogP contribution < -0.4 is 0 Å². The van der Waals surface area contributed by atoms with Gasteiger partial charge in [-0.15, -0.1) is 6.42 Å². The Hall–Kier alpha value is -1.23. The maximum atomic E-state index is 5.20. The Morgan fingerprint density at radius 2 is 2.45 bits per heavy atom. The second kappa shape index (κ2) is 2.43. The van der Waals surface area contributed by atoms with Crippen LogP contribution in [0.5, 0.6) is 0 Å². The van der Waals surface area contributed by atoms with Crippen molar-refractivity contribution in [3.63, 3.8) is 0 Å². The van der Waals surface area contributed by atoms with E-state index in [-0.39, 0.29) is 0 Å². The minimum atomic E-state index is 0.650. The molecule has 1 aromatic heterocycles. The summed E-state index contributed by atoms with van der Waals surface area (Å²) in [5, 5.41) is 0. The van der Waals surface area contributed by atoms with Gasteiger partial charge < -0.3 is 4.98 Å². The number of imidazole rings is 1. The molecule has 0 amide bonds. The Kier molecular flexibility index (Phi) is 1.43. The molecule has 2 nitrogen and oxygen atoms in total. The molecule has 1 saturated carbocycles. The first-order valence-corrected chi connectivity index (χ1v) is 3.91. The highest BCUT2D eigenvalue weighted by Crippen LogP contribution is 2.34. The SMILES string of the molecule is C#Cc1cnc(C2CCC2)[nH]1. The van der Waals surface area contributed by atoms with E-state index < -0.39 is 0 Å². The zero-order chi connectivity index (χ0) is 7.68. The standard InChI is InChI=1S/C9H10N2/c1-2-8-6-10-9(11-8)7-4-3-5-7/h1,6-7H,3-5H2,(H,10,11). The van der Waals surface area contributed by atoms with Crippen LogP contribution in [0.15, 0.2) is 6.20 Å². The number of nitrogens with one attached hydrogen (secondary N) is 1. The molecule has 56 valence electrons. The summed E-state index contributed by atoms with van der Waals surface area (Å²) in [4.78, 5) is 7.33. The second-order valence-electron chi connectivity index (χ2n) is 2.95. The minimum Gasteiger partial charge on any atom is -0.335 e. The molecular weight excluding hydrogens is 136 g/mol. The molecule has 1 heterocycles.